The van der Waals surface area contributed by atoms with Gasteiger partial charge in [-0.25, -0.2) is 0 Å². The molecule has 2 aromatic carbocycles. The third kappa shape index (κ3) is 3.35. The molecule has 0 heterocycles. The standard InChI is InChI=1S/C14H12ClF2NO/c15-12-8-11(6-7-13(12)18)19-9-14(16,17)10-4-2-1-3-5-10/h1-8H,9,18H2. The van der Waals surface area contributed by atoms with E-state index in [0.29, 0.717) is 5.69 Å². The molecule has 0 bridgehead atoms. The number of halogens is 3. The summed E-state index contributed by atoms with van der Waals surface area (Å²) in [5.74, 6) is -2.80. The largest absolute Gasteiger partial charge is 0.487 e. The van der Waals surface area contributed by atoms with E-state index < -0.39 is 12.5 Å². The fraction of sp³-hybridized carbons (Fsp3) is 0.143. The molecule has 2 N–H and O–H groups in total. The Morgan fingerprint density at radius 1 is 1.11 bits per heavy atom. The van der Waals surface area contributed by atoms with E-state index in [-0.39, 0.29) is 16.3 Å². The van der Waals surface area contributed by atoms with Crippen LogP contribution in [0.5, 0.6) is 5.75 Å². The molecule has 19 heavy (non-hydrogen) atoms. The van der Waals surface area contributed by atoms with Gasteiger partial charge in [0.1, 0.15) is 5.75 Å². The SMILES string of the molecule is Nc1ccc(OCC(F)(F)c2ccccc2)cc1Cl. The Labute approximate surface area is 114 Å². The maximum atomic E-state index is 13.8. The van der Waals surface area contributed by atoms with Crippen molar-refractivity contribution < 1.29 is 13.5 Å². The fourth-order valence-corrected chi connectivity index (χ4v) is 1.71. The molecule has 0 radical (unpaired) electrons. The number of benzene rings is 2. The number of rotatable bonds is 4. The second-order valence-electron chi connectivity index (χ2n) is 4.04. The summed E-state index contributed by atoms with van der Waals surface area (Å²) in [6, 6.07) is 11.9. The van der Waals surface area contributed by atoms with Crippen molar-refractivity contribution in [3.63, 3.8) is 0 Å². The summed E-state index contributed by atoms with van der Waals surface area (Å²) in [4.78, 5) is 0. The molecule has 0 unspecified atom stereocenters. The van der Waals surface area contributed by atoms with Crippen LogP contribution in [-0.4, -0.2) is 6.61 Å². The van der Waals surface area contributed by atoms with Crippen molar-refractivity contribution in [2.24, 2.45) is 0 Å². The van der Waals surface area contributed by atoms with Gasteiger partial charge in [-0.2, -0.15) is 8.78 Å². The maximum Gasteiger partial charge on any atom is 0.306 e. The highest BCUT2D eigenvalue weighted by atomic mass is 35.5. The van der Waals surface area contributed by atoms with Crippen molar-refractivity contribution in [2.75, 3.05) is 12.3 Å². The van der Waals surface area contributed by atoms with Crippen LogP contribution in [0.25, 0.3) is 0 Å². The van der Waals surface area contributed by atoms with Crippen LogP contribution in [0.1, 0.15) is 5.56 Å². The molecule has 0 aliphatic rings. The van der Waals surface area contributed by atoms with Gasteiger partial charge in [-0.1, -0.05) is 41.9 Å². The van der Waals surface area contributed by atoms with Crippen LogP contribution < -0.4 is 10.5 Å². The molecule has 0 aromatic heterocycles. The van der Waals surface area contributed by atoms with Gasteiger partial charge in [0.15, 0.2) is 6.61 Å². The second-order valence-corrected chi connectivity index (χ2v) is 4.45. The van der Waals surface area contributed by atoms with Gasteiger partial charge in [-0.3, -0.25) is 0 Å². The van der Waals surface area contributed by atoms with E-state index in [1.165, 1.54) is 30.3 Å². The quantitative estimate of drug-likeness (QED) is 0.858. The average Bonchev–Trinajstić information content (AvgIpc) is 2.41. The Bertz CT molecular complexity index is 561. The molecular weight excluding hydrogens is 272 g/mol. The Kier molecular flexibility index (Phi) is 3.90. The summed E-state index contributed by atoms with van der Waals surface area (Å²) in [6.45, 7) is -0.753. The van der Waals surface area contributed by atoms with Crippen LogP contribution in [0.2, 0.25) is 5.02 Å². The molecule has 0 spiro atoms. The highest BCUT2D eigenvalue weighted by Gasteiger charge is 2.32. The second kappa shape index (κ2) is 5.45. The molecule has 0 aliphatic heterocycles. The minimum absolute atomic E-state index is 0.0865. The van der Waals surface area contributed by atoms with Gasteiger partial charge in [0.25, 0.3) is 0 Å². The third-order valence-electron chi connectivity index (χ3n) is 2.59. The van der Waals surface area contributed by atoms with E-state index in [4.69, 9.17) is 22.1 Å². The van der Waals surface area contributed by atoms with Gasteiger partial charge < -0.3 is 10.5 Å². The first kappa shape index (κ1) is 13.6. The minimum Gasteiger partial charge on any atom is -0.487 e. The van der Waals surface area contributed by atoms with Gasteiger partial charge in [-0.05, 0) is 12.1 Å². The molecule has 2 nitrogen and oxygen atoms in total. The smallest absolute Gasteiger partial charge is 0.306 e. The van der Waals surface area contributed by atoms with E-state index in [1.54, 1.807) is 18.2 Å². The first-order valence-corrected chi connectivity index (χ1v) is 5.98. The number of ether oxygens (including phenoxy) is 1. The summed E-state index contributed by atoms with van der Waals surface area (Å²) in [7, 11) is 0. The number of hydrogen-bond donors (Lipinski definition) is 1. The molecule has 0 amide bonds. The number of nitrogen functional groups attached to an aromatic ring is 1. The highest BCUT2D eigenvalue weighted by Crippen LogP contribution is 2.30. The summed E-state index contributed by atoms with van der Waals surface area (Å²) < 4.78 is 32.7. The van der Waals surface area contributed by atoms with E-state index >= 15 is 0 Å². The Morgan fingerprint density at radius 2 is 1.79 bits per heavy atom. The summed E-state index contributed by atoms with van der Waals surface area (Å²) >= 11 is 5.79. The number of nitrogens with two attached hydrogens (primary N) is 1. The van der Waals surface area contributed by atoms with Gasteiger partial charge >= 0.3 is 5.92 Å². The summed E-state index contributed by atoms with van der Waals surface area (Å²) in [5, 5.41) is 0.278. The zero-order chi connectivity index (χ0) is 13.9. The lowest BCUT2D eigenvalue weighted by Gasteiger charge is -2.17. The van der Waals surface area contributed by atoms with E-state index in [2.05, 4.69) is 0 Å². The lowest BCUT2D eigenvalue weighted by molar-refractivity contribution is -0.0467. The molecule has 0 saturated carbocycles. The molecule has 0 aliphatic carbocycles. The minimum atomic E-state index is -3.06. The first-order valence-electron chi connectivity index (χ1n) is 5.60. The molecule has 5 heteroatoms. The summed E-state index contributed by atoms with van der Waals surface area (Å²) in [5.41, 5.74) is 5.82. The molecule has 2 rings (SSSR count). The Hall–Kier alpha value is -1.81. The predicted octanol–water partition coefficient (Wildman–Crippen LogP) is 4.09. The maximum absolute atomic E-state index is 13.8. The topological polar surface area (TPSA) is 35.2 Å². The molecule has 0 saturated heterocycles. The molecule has 100 valence electrons. The van der Waals surface area contributed by atoms with Crippen molar-refractivity contribution in [1.82, 2.24) is 0 Å². The zero-order valence-electron chi connectivity index (χ0n) is 9.95. The van der Waals surface area contributed by atoms with Crippen molar-refractivity contribution in [3.8, 4) is 5.75 Å². The average molecular weight is 284 g/mol. The normalized spacial score (nSPS) is 11.3. The van der Waals surface area contributed by atoms with Gasteiger partial charge in [-0.15, -0.1) is 0 Å². The van der Waals surface area contributed by atoms with Crippen LogP contribution >= 0.6 is 11.6 Å². The zero-order valence-corrected chi connectivity index (χ0v) is 10.7. The van der Waals surface area contributed by atoms with Crippen LogP contribution in [-0.2, 0) is 5.92 Å². The van der Waals surface area contributed by atoms with Crippen molar-refractivity contribution >= 4 is 17.3 Å². The third-order valence-corrected chi connectivity index (χ3v) is 2.92. The molecule has 2 aromatic rings. The van der Waals surface area contributed by atoms with Gasteiger partial charge in [0, 0.05) is 11.6 Å². The highest BCUT2D eigenvalue weighted by molar-refractivity contribution is 6.33. The first-order chi connectivity index (χ1) is 8.99. The predicted molar refractivity (Wildman–Crippen MR) is 71.7 cm³/mol. The van der Waals surface area contributed by atoms with E-state index in [9.17, 15) is 8.78 Å². The number of alkyl halides is 2. The molecule has 0 atom stereocenters. The van der Waals surface area contributed by atoms with Gasteiger partial charge in [0.05, 0.1) is 10.7 Å². The monoisotopic (exact) mass is 283 g/mol. The van der Waals surface area contributed by atoms with Crippen LogP contribution in [0.4, 0.5) is 14.5 Å². The number of anilines is 1. The Morgan fingerprint density at radius 3 is 2.42 bits per heavy atom. The van der Waals surface area contributed by atoms with Gasteiger partial charge in [0.2, 0.25) is 0 Å². The van der Waals surface area contributed by atoms with Crippen LogP contribution in [0.3, 0.4) is 0 Å². The fourth-order valence-electron chi connectivity index (χ4n) is 1.54. The molecular formula is C14H12ClF2NO. The van der Waals surface area contributed by atoms with Crippen molar-refractivity contribution in [3.05, 3.63) is 59.1 Å². The van der Waals surface area contributed by atoms with E-state index in [0.717, 1.165) is 0 Å². The molecule has 0 fully saturated rings. The number of hydrogen-bond acceptors (Lipinski definition) is 2. The van der Waals surface area contributed by atoms with Crippen LogP contribution in [0, 0.1) is 0 Å². The van der Waals surface area contributed by atoms with Crippen LogP contribution in [0.15, 0.2) is 48.5 Å². The Balaban J connectivity index is 2.07. The lowest BCUT2D eigenvalue weighted by Crippen LogP contribution is -2.23. The van der Waals surface area contributed by atoms with Crippen molar-refractivity contribution in [1.29, 1.82) is 0 Å². The van der Waals surface area contributed by atoms with Crippen molar-refractivity contribution in [2.45, 2.75) is 5.92 Å². The lowest BCUT2D eigenvalue weighted by atomic mass is 10.1. The van der Waals surface area contributed by atoms with E-state index in [1.807, 2.05) is 0 Å². The summed E-state index contributed by atoms with van der Waals surface area (Å²) in [6.07, 6.45) is 0.